The topological polar surface area (TPSA) is 35.2 Å². The molecule has 2 N–H and O–H groups in total. The Labute approximate surface area is 98.9 Å². The average Bonchev–Trinajstić information content (AvgIpc) is 2.54. The van der Waals surface area contributed by atoms with Crippen LogP contribution in [0.3, 0.4) is 0 Å². The molecule has 1 aromatic rings. The predicted octanol–water partition coefficient (Wildman–Crippen LogP) is 2.66. The number of rotatable bonds is 3. The van der Waals surface area contributed by atoms with E-state index >= 15 is 0 Å². The molecule has 0 aromatic heterocycles. The molecule has 1 aliphatic rings. The molecule has 0 amide bonds. The lowest BCUT2D eigenvalue weighted by Gasteiger charge is -2.09. The van der Waals surface area contributed by atoms with Crippen LogP contribution in [0.2, 0.25) is 0 Å². The van der Waals surface area contributed by atoms with Gasteiger partial charge < -0.3 is 10.5 Å². The zero-order valence-electron chi connectivity index (χ0n) is 8.92. The van der Waals surface area contributed by atoms with Crippen molar-refractivity contribution in [1.29, 1.82) is 0 Å². The molecule has 0 saturated heterocycles. The molecule has 1 heterocycles. The molecule has 0 radical (unpaired) electrons. The zero-order valence-corrected chi connectivity index (χ0v) is 10.5. The first-order valence-electron chi connectivity index (χ1n) is 5.38. The molecular weight excluding hydrogens is 254 g/mol. The van der Waals surface area contributed by atoms with Crippen LogP contribution in [0.25, 0.3) is 0 Å². The number of halogens is 1. The van der Waals surface area contributed by atoms with Gasteiger partial charge in [0, 0.05) is 10.9 Å². The van der Waals surface area contributed by atoms with E-state index in [0.29, 0.717) is 6.10 Å². The van der Waals surface area contributed by atoms with Crippen molar-refractivity contribution < 1.29 is 4.74 Å². The van der Waals surface area contributed by atoms with Gasteiger partial charge in [0.1, 0.15) is 11.9 Å². The Kier molecular flexibility index (Phi) is 3.32. The zero-order chi connectivity index (χ0) is 10.8. The van der Waals surface area contributed by atoms with Crippen LogP contribution in [0.5, 0.6) is 5.75 Å². The van der Waals surface area contributed by atoms with Crippen LogP contribution in [-0.4, -0.2) is 12.6 Å². The van der Waals surface area contributed by atoms with Crippen LogP contribution in [0.4, 0.5) is 0 Å². The molecule has 1 atom stereocenters. The number of hydrogen-bond donors (Lipinski definition) is 1. The van der Waals surface area contributed by atoms with Crippen molar-refractivity contribution in [3.8, 4) is 5.75 Å². The van der Waals surface area contributed by atoms with Gasteiger partial charge >= 0.3 is 0 Å². The van der Waals surface area contributed by atoms with Crippen LogP contribution in [0.1, 0.15) is 24.5 Å². The molecule has 2 rings (SSSR count). The minimum absolute atomic E-state index is 0.311. The largest absolute Gasteiger partial charge is 0.490 e. The highest BCUT2D eigenvalue weighted by atomic mass is 79.9. The van der Waals surface area contributed by atoms with Crippen molar-refractivity contribution in [2.45, 2.75) is 32.3 Å². The maximum absolute atomic E-state index is 5.83. The van der Waals surface area contributed by atoms with Gasteiger partial charge in [0.05, 0.1) is 0 Å². The highest BCUT2D eigenvalue weighted by Crippen LogP contribution is 2.35. The lowest BCUT2D eigenvalue weighted by molar-refractivity contribution is 0.252. The van der Waals surface area contributed by atoms with E-state index in [2.05, 4.69) is 35.0 Å². The minimum atomic E-state index is 0.311. The maximum atomic E-state index is 5.83. The van der Waals surface area contributed by atoms with E-state index in [9.17, 15) is 0 Å². The second kappa shape index (κ2) is 4.54. The van der Waals surface area contributed by atoms with Crippen molar-refractivity contribution in [2.75, 3.05) is 6.54 Å². The Morgan fingerprint density at radius 3 is 3.07 bits per heavy atom. The van der Waals surface area contributed by atoms with Gasteiger partial charge in [0.25, 0.3) is 0 Å². The highest BCUT2D eigenvalue weighted by molar-refractivity contribution is 9.10. The molecule has 82 valence electrons. The summed E-state index contributed by atoms with van der Waals surface area (Å²) in [5.74, 6) is 1.10. The quantitative estimate of drug-likeness (QED) is 0.916. The smallest absolute Gasteiger partial charge is 0.126 e. The van der Waals surface area contributed by atoms with Crippen LogP contribution in [-0.2, 0) is 12.8 Å². The molecule has 15 heavy (non-hydrogen) atoms. The molecule has 0 spiro atoms. The third-order valence-corrected chi connectivity index (χ3v) is 3.14. The Bertz CT molecular complexity index is 365. The summed E-state index contributed by atoms with van der Waals surface area (Å²) in [5.41, 5.74) is 8.14. The van der Waals surface area contributed by atoms with Crippen molar-refractivity contribution in [2.24, 2.45) is 5.73 Å². The summed E-state index contributed by atoms with van der Waals surface area (Å²) < 4.78 is 6.97. The molecular formula is C12H16BrNO. The number of fused-ring (bicyclic) bond motifs is 1. The Morgan fingerprint density at radius 1 is 1.53 bits per heavy atom. The monoisotopic (exact) mass is 269 g/mol. The van der Waals surface area contributed by atoms with Gasteiger partial charge in [-0.3, -0.25) is 0 Å². The highest BCUT2D eigenvalue weighted by Gasteiger charge is 2.22. The standard InChI is InChI=1S/C12H16BrNO/c1-8-5-10-7-11(13)6-9(3-2-4-14)12(10)15-8/h6-8H,2-5,14H2,1H3. The van der Waals surface area contributed by atoms with Gasteiger partial charge in [-0.2, -0.15) is 0 Å². The summed E-state index contributed by atoms with van der Waals surface area (Å²) in [6, 6.07) is 4.30. The molecule has 1 unspecified atom stereocenters. The fourth-order valence-corrected chi connectivity index (χ4v) is 2.60. The molecule has 0 saturated carbocycles. The fraction of sp³-hybridized carbons (Fsp3) is 0.500. The molecule has 0 fully saturated rings. The van der Waals surface area contributed by atoms with E-state index in [4.69, 9.17) is 10.5 Å². The number of ether oxygens (including phenoxy) is 1. The number of nitrogens with two attached hydrogens (primary N) is 1. The molecule has 3 heteroatoms. The lowest BCUT2D eigenvalue weighted by atomic mass is 10.0. The van der Waals surface area contributed by atoms with E-state index in [0.717, 1.165) is 36.0 Å². The minimum Gasteiger partial charge on any atom is -0.490 e. The lowest BCUT2D eigenvalue weighted by Crippen LogP contribution is -2.06. The number of aryl methyl sites for hydroxylation is 1. The van der Waals surface area contributed by atoms with E-state index in [1.807, 2.05) is 0 Å². The predicted molar refractivity (Wildman–Crippen MR) is 65.3 cm³/mol. The molecule has 1 aromatic carbocycles. The van der Waals surface area contributed by atoms with E-state index in [1.54, 1.807) is 0 Å². The first kappa shape index (κ1) is 11.0. The Balaban J connectivity index is 2.30. The first-order valence-corrected chi connectivity index (χ1v) is 6.18. The second-order valence-corrected chi connectivity index (χ2v) is 4.99. The van der Waals surface area contributed by atoms with Crippen LogP contribution in [0, 0.1) is 0 Å². The van der Waals surface area contributed by atoms with Gasteiger partial charge in [-0.15, -0.1) is 0 Å². The maximum Gasteiger partial charge on any atom is 0.126 e. The third kappa shape index (κ3) is 2.34. The average molecular weight is 270 g/mol. The van der Waals surface area contributed by atoms with Crippen molar-refractivity contribution in [1.82, 2.24) is 0 Å². The fourth-order valence-electron chi connectivity index (χ4n) is 2.05. The van der Waals surface area contributed by atoms with Crippen LogP contribution < -0.4 is 10.5 Å². The van der Waals surface area contributed by atoms with Crippen LogP contribution >= 0.6 is 15.9 Å². The molecule has 2 nitrogen and oxygen atoms in total. The van der Waals surface area contributed by atoms with E-state index < -0.39 is 0 Å². The number of hydrogen-bond acceptors (Lipinski definition) is 2. The molecule has 1 aliphatic heterocycles. The summed E-state index contributed by atoms with van der Waals surface area (Å²) in [4.78, 5) is 0. The summed E-state index contributed by atoms with van der Waals surface area (Å²) in [7, 11) is 0. The Morgan fingerprint density at radius 2 is 2.33 bits per heavy atom. The van der Waals surface area contributed by atoms with E-state index in [-0.39, 0.29) is 0 Å². The van der Waals surface area contributed by atoms with Gasteiger partial charge in [0.15, 0.2) is 0 Å². The SMILES string of the molecule is CC1Cc2cc(Br)cc(CCCN)c2O1. The van der Waals surface area contributed by atoms with Crippen molar-refractivity contribution in [3.05, 3.63) is 27.7 Å². The first-order chi connectivity index (χ1) is 7.20. The summed E-state index contributed by atoms with van der Waals surface area (Å²) in [6.07, 6.45) is 3.35. The summed E-state index contributed by atoms with van der Waals surface area (Å²) in [5, 5.41) is 0. The van der Waals surface area contributed by atoms with Crippen molar-refractivity contribution in [3.63, 3.8) is 0 Å². The summed E-state index contributed by atoms with van der Waals surface area (Å²) in [6.45, 7) is 2.84. The molecule has 0 bridgehead atoms. The van der Waals surface area contributed by atoms with Crippen molar-refractivity contribution >= 4 is 15.9 Å². The Hall–Kier alpha value is -0.540. The van der Waals surface area contributed by atoms with Crippen LogP contribution in [0.15, 0.2) is 16.6 Å². The summed E-state index contributed by atoms with van der Waals surface area (Å²) >= 11 is 3.54. The number of benzene rings is 1. The normalized spacial score (nSPS) is 18.7. The van der Waals surface area contributed by atoms with Gasteiger partial charge in [-0.1, -0.05) is 15.9 Å². The molecule has 0 aliphatic carbocycles. The van der Waals surface area contributed by atoms with E-state index in [1.165, 1.54) is 11.1 Å². The van der Waals surface area contributed by atoms with Gasteiger partial charge in [-0.05, 0) is 49.6 Å². The van der Waals surface area contributed by atoms with Gasteiger partial charge in [-0.25, -0.2) is 0 Å². The third-order valence-electron chi connectivity index (χ3n) is 2.68. The second-order valence-electron chi connectivity index (χ2n) is 4.08. The van der Waals surface area contributed by atoms with Gasteiger partial charge in [0.2, 0.25) is 0 Å².